The Balaban J connectivity index is 1.99. The van der Waals surface area contributed by atoms with E-state index in [9.17, 15) is 13.2 Å². The fourth-order valence-electron chi connectivity index (χ4n) is 3.73. The number of hydrogen-bond donors (Lipinski definition) is 2. The number of methoxy groups -OCH3 is 1. The molecule has 0 aliphatic carbocycles. The van der Waals surface area contributed by atoms with Gasteiger partial charge in [-0.05, 0) is 68.9 Å². The number of hydrogen-bond acceptors (Lipinski definition) is 6. The fraction of sp³-hybridized carbons (Fsp3) is 0.480. The van der Waals surface area contributed by atoms with Gasteiger partial charge < -0.3 is 19.4 Å². The molecule has 1 aliphatic heterocycles. The van der Waals surface area contributed by atoms with Gasteiger partial charge in [0.1, 0.15) is 5.75 Å². The molecule has 0 saturated carbocycles. The van der Waals surface area contributed by atoms with Crippen molar-refractivity contribution >= 4 is 39.9 Å². The monoisotopic (exact) mass is 502 g/mol. The Bertz CT molecular complexity index is 1200. The highest BCUT2D eigenvalue weighted by Crippen LogP contribution is 2.40. The zero-order chi connectivity index (χ0) is 26.4. The van der Waals surface area contributed by atoms with Gasteiger partial charge in [0.05, 0.1) is 30.3 Å². The van der Waals surface area contributed by atoms with E-state index in [1.165, 1.54) is 12.1 Å². The zero-order valence-electron chi connectivity index (χ0n) is 21.9. The van der Waals surface area contributed by atoms with Crippen molar-refractivity contribution in [3.8, 4) is 5.75 Å². The first-order valence-corrected chi connectivity index (χ1v) is 13.3. The van der Waals surface area contributed by atoms with Crippen molar-refractivity contribution in [2.24, 2.45) is 0 Å². The molecule has 0 spiro atoms. The van der Waals surface area contributed by atoms with Crippen molar-refractivity contribution in [3.05, 3.63) is 47.5 Å². The van der Waals surface area contributed by atoms with Crippen LogP contribution in [-0.4, -0.2) is 46.0 Å². The van der Waals surface area contributed by atoms with E-state index in [4.69, 9.17) is 14.0 Å². The van der Waals surface area contributed by atoms with Gasteiger partial charge in [-0.15, -0.1) is 0 Å². The summed E-state index contributed by atoms with van der Waals surface area (Å²) in [6.07, 6.45) is 1.07. The quantitative estimate of drug-likeness (QED) is 0.581. The fourth-order valence-corrected chi connectivity index (χ4v) is 4.30. The van der Waals surface area contributed by atoms with Gasteiger partial charge in [-0.2, -0.15) is 0 Å². The molecule has 10 heteroatoms. The van der Waals surface area contributed by atoms with Gasteiger partial charge in [0.25, 0.3) is 5.91 Å². The molecule has 1 saturated heterocycles. The van der Waals surface area contributed by atoms with Gasteiger partial charge in [0.2, 0.25) is 10.0 Å². The second-order valence-corrected chi connectivity index (χ2v) is 12.6. The van der Waals surface area contributed by atoms with Crippen LogP contribution in [0, 0.1) is 0 Å². The molecule has 0 radical (unpaired) electrons. The average Bonchev–Trinajstić information content (AvgIpc) is 2.93. The molecule has 1 amide bonds. The highest BCUT2D eigenvalue weighted by atomic mass is 32.2. The van der Waals surface area contributed by atoms with Crippen LogP contribution in [0.4, 0.5) is 11.4 Å². The number of anilines is 2. The van der Waals surface area contributed by atoms with Gasteiger partial charge in [0, 0.05) is 16.8 Å². The Hall–Kier alpha value is -2.56. The molecular weight excluding hydrogens is 467 g/mol. The molecule has 2 aromatic rings. The Morgan fingerprint density at radius 3 is 2.00 bits per heavy atom. The highest BCUT2D eigenvalue weighted by Gasteiger charge is 2.52. The van der Waals surface area contributed by atoms with E-state index in [1.807, 2.05) is 39.8 Å². The summed E-state index contributed by atoms with van der Waals surface area (Å²) >= 11 is 0. The maximum atomic E-state index is 13.1. The number of carbonyl (C=O) groups is 1. The summed E-state index contributed by atoms with van der Waals surface area (Å²) in [5.41, 5.74) is 1.60. The lowest BCUT2D eigenvalue weighted by molar-refractivity contribution is 0.00578. The second kappa shape index (κ2) is 9.15. The molecule has 3 rings (SSSR count). The maximum absolute atomic E-state index is 13.1. The average molecular weight is 502 g/mol. The summed E-state index contributed by atoms with van der Waals surface area (Å²) in [5, 5.41) is 2.95. The SMILES string of the molecule is COc1c(NC(=O)c2ccc(NS(C)(=O)=O)cc2)cc(B2OC(C)(C)C(C)(C)O2)cc1C(C)(C)C. The van der Waals surface area contributed by atoms with Gasteiger partial charge >= 0.3 is 7.12 Å². The summed E-state index contributed by atoms with van der Waals surface area (Å²) in [6, 6.07) is 10.00. The van der Waals surface area contributed by atoms with Gasteiger partial charge in [-0.25, -0.2) is 8.42 Å². The first-order chi connectivity index (χ1) is 15.9. The van der Waals surface area contributed by atoms with Crippen LogP contribution in [0.3, 0.4) is 0 Å². The summed E-state index contributed by atoms with van der Waals surface area (Å²) in [7, 11) is -2.44. The Labute approximate surface area is 208 Å². The zero-order valence-corrected chi connectivity index (χ0v) is 22.7. The van der Waals surface area contributed by atoms with Crippen LogP contribution < -0.4 is 20.2 Å². The van der Waals surface area contributed by atoms with E-state index < -0.39 is 28.3 Å². The lowest BCUT2D eigenvalue weighted by atomic mass is 9.74. The van der Waals surface area contributed by atoms with E-state index in [-0.39, 0.29) is 11.3 Å². The Kier molecular flexibility index (Phi) is 7.07. The first kappa shape index (κ1) is 27.0. The molecule has 0 aromatic heterocycles. The topological polar surface area (TPSA) is 103 Å². The molecule has 2 aromatic carbocycles. The largest absolute Gasteiger partial charge is 0.494 e. The smallest absolute Gasteiger partial charge is 0.494 e. The normalized spacial score (nSPS) is 17.2. The molecule has 2 N–H and O–H groups in total. The number of sulfonamides is 1. The predicted molar refractivity (Wildman–Crippen MR) is 140 cm³/mol. The van der Waals surface area contributed by atoms with Crippen molar-refractivity contribution in [2.45, 2.75) is 65.1 Å². The van der Waals surface area contributed by atoms with Crippen molar-refractivity contribution in [2.75, 3.05) is 23.4 Å². The minimum Gasteiger partial charge on any atom is -0.494 e. The molecule has 8 nitrogen and oxygen atoms in total. The van der Waals surface area contributed by atoms with E-state index >= 15 is 0 Å². The van der Waals surface area contributed by atoms with Crippen LogP contribution in [0.2, 0.25) is 0 Å². The van der Waals surface area contributed by atoms with Crippen LogP contribution in [-0.2, 0) is 24.7 Å². The van der Waals surface area contributed by atoms with Crippen LogP contribution in [0.5, 0.6) is 5.75 Å². The van der Waals surface area contributed by atoms with Crippen LogP contribution in [0.25, 0.3) is 0 Å². The van der Waals surface area contributed by atoms with Gasteiger partial charge in [0.15, 0.2) is 0 Å². The van der Waals surface area contributed by atoms with Crippen LogP contribution in [0.15, 0.2) is 36.4 Å². The Morgan fingerprint density at radius 2 is 1.54 bits per heavy atom. The summed E-state index contributed by atoms with van der Waals surface area (Å²) in [6.45, 7) is 14.2. The third kappa shape index (κ3) is 5.99. The lowest BCUT2D eigenvalue weighted by Crippen LogP contribution is -2.41. The maximum Gasteiger partial charge on any atom is 0.494 e. The van der Waals surface area contributed by atoms with Crippen molar-refractivity contribution < 1.29 is 27.3 Å². The molecule has 1 heterocycles. The minimum atomic E-state index is -3.41. The van der Waals surface area contributed by atoms with E-state index in [2.05, 4.69) is 30.8 Å². The van der Waals surface area contributed by atoms with Gasteiger partial charge in [-0.3, -0.25) is 9.52 Å². The van der Waals surface area contributed by atoms with E-state index in [0.29, 0.717) is 22.7 Å². The number of amides is 1. The summed E-state index contributed by atoms with van der Waals surface area (Å²) in [5.74, 6) is 0.196. The number of ether oxygens (including phenoxy) is 1. The van der Waals surface area contributed by atoms with Crippen molar-refractivity contribution in [3.63, 3.8) is 0 Å². The Morgan fingerprint density at radius 1 is 1.00 bits per heavy atom. The molecule has 1 fully saturated rings. The van der Waals surface area contributed by atoms with Crippen molar-refractivity contribution in [1.82, 2.24) is 0 Å². The minimum absolute atomic E-state index is 0.288. The van der Waals surface area contributed by atoms with Gasteiger partial charge in [-0.1, -0.05) is 26.8 Å². The molecule has 1 aliphatic rings. The standard InChI is InChI=1S/C25H35BN2O6S/c1-23(2,3)19-14-17(26-33-24(4,5)25(6,7)34-26)15-20(21(19)32-8)27-22(29)16-10-12-18(13-11-16)28-35(9,30)31/h10-15,28H,1-9H3,(H,27,29). The van der Waals surface area contributed by atoms with E-state index in [0.717, 1.165) is 17.3 Å². The number of carbonyl (C=O) groups excluding carboxylic acids is 1. The number of nitrogens with one attached hydrogen (secondary N) is 2. The second-order valence-electron chi connectivity index (χ2n) is 10.9. The third-order valence-electron chi connectivity index (χ3n) is 6.35. The molecule has 0 bridgehead atoms. The number of rotatable bonds is 6. The van der Waals surface area contributed by atoms with Crippen LogP contribution >= 0.6 is 0 Å². The molecule has 0 atom stereocenters. The molecular formula is C25H35BN2O6S. The number of benzene rings is 2. The highest BCUT2D eigenvalue weighted by molar-refractivity contribution is 7.92. The molecule has 190 valence electrons. The third-order valence-corrected chi connectivity index (χ3v) is 6.95. The van der Waals surface area contributed by atoms with Crippen LogP contribution in [0.1, 0.15) is 64.4 Å². The first-order valence-electron chi connectivity index (χ1n) is 11.4. The molecule has 0 unspecified atom stereocenters. The predicted octanol–water partition coefficient (Wildman–Crippen LogP) is 3.92. The van der Waals surface area contributed by atoms with E-state index in [1.54, 1.807) is 19.2 Å². The lowest BCUT2D eigenvalue weighted by Gasteiger charge is -2.32. The summed E-state index contributed by atoms with van der Waals surface area (Å²) < 4.78 is 43.5. The molecule has 35 heavy (non-hydrogen) atoms. The summed E-state index contributed by atoms with van der Waals surface area (Å²) in [4.78, 5) is 13.1. The van der Waals surface area contributed by atoms with Crippen molar-refractivity contribution in [1.29, 1.82) is 0 Å².